The van der Waals surface area contributed by atoms with E-state index < -0.39 is 10.0 Å². The van der Waals surface area contributed by atoms with Gasteiger partial charge in [0, 0.05) is 69.2 Å². The Morgan fingerprint density at radius 3 is 2.41 bits per heavy atom. The number of amides is 1. The van der Waals surface area contributed by atoms with Gasteiger partial charge in [-0.2, -0.15) is 4.31 Å². The summed E-state index contributed by atoms with van der Waals surface area (Å²) in [5.41, 5.74) is 1.64. The molecule has 0 N–H and O–H groups in total. The first kappa shape index (κ1) is 24.8. The quantitative estimate of drug-likeness (QED) is 0.602. The molecule has 2 fully saturated rings. The van der Waals surface area contributed by atoms with Gasteiger partial charge in [0.2, 0.25) is 10.0 Å². The molecule has 8 heteroatoms. The third kappa shape index (κ3) is 5.67. The monoisotopic (exact) mass is 484 g/mol. The van der Waals surface area contributed by atoms with Crippen LogP contribution >= 0.6 is 0 Å². The number of pyridine rings is 1. The highest BCUT2D eigenvalue weighted by atomic mass is 32.2. The fraction of sp³-hybridized carbons (Fsp3) is 0.538. The summed E-state index contributed by atoms with van der Waals surface area (Å²) < 4.78 is 27.7. The molecule has 4 rings (SSSR count). The lowest BCUT2D eigenvalue weighted by Gasteiger charge is -2.36. The Bertz CT molecular complexity index is 1050. The van der Waals surface area contributed by atoms with Crippen molar-refractivity contribution in [1.29, 1.82) is 0 Å². The average Bonchev–Trinajstić information content (AvgIpc) is 2.88. The van der Waals surface area contributed by atoms with Crippen LogP contribution < -0.4 is 0 Å². The molecule has 1 unspecified atom stereocenters. The Morgan fingerprint density at radius 1 is 1.03 bits per heavy atom. The maximum atomic E-state index is 13.1. The normalized spacial score (nSPS) is 20.8. The van der Waals surface area contributed by atoms with Gasteiger partial charge >= 0.3 is 0 Å². The zero-order valence-electron chi connectivity index (χ0n) is 20.3. The second-order valence-corrected chi connectivity index (χ2v) is 11.4. The number of sulfonamides is 1. The number of carbonyl (C=O) groups is 1. The molecule has 0 aliphatic carbocycles. The van der Waals surface area contributed by atoms with Crippen molar-refractivity contribution in [2.75, 3.05) is 33.2 Å². The van der Waals surface area contributed by atoms with Gasteiger partial charge in [-0.25, -0.2) is 8.42 Å². The Hall–Kier alpha value is -2.29. The van der Waals surface area contributed by atoms with Crippen LogP contribution in [0, 0.1) is 0 Å². The summed E-state index contributed by atoms with van der Waals surface area (Å²) in [6.45, 7) is 5.43. The number of nitrogens with zero attached hydrogens (tertiary/aromatic N) is 4. The first-order valence-electron chi connectivity index (χ1n) is 12.4. The van der Waals surface area contributed by atoms with Crippen LogP contribution in [0.5, 0.6) is 0 Å². The molecular formula is C26H36N4O3S. The highest BCUT2D eigenvalue weighted by Gasteiger charge is 2.31. The minimum absolute atomic E-state index is 0.0148. The molecule has 34 heavy (non-hydrogen) atoms. The van der Waals surface area contributed by atoms with Crippen LogP contribution in [0.15, 0.2) is 53.6 Å². The van der Waals surface area contributed by atoms with E-state index in [0.29, 0.717) is 12.1 Å². The molecule has 1 aromatic heterocycles. The molecule has 0 saturated carbocycles. The number of hydrogen-bond acceptors (Lipinski definition) is 5. The first-order valence-corrected chi connectivity index (χ1v) is 13.8. The van der Waals surface area contributed by atoms with E-state index >= 15 is 0 Å². The predicted octanol–water partition coefficient (Wildman–Crippen LogP) is 3.42. The molecule has 0 bridgehead atoms. The van der Waals surface area contributed by atoms with Crippen LogP contribution in [0.1, 0.15) is 55.1 Å². The van der Waals surface area contributed by atoms with E-state index in [1.807, 2.05) is 37.2 Å². The molecule has 0 radical (unpaired) electrons. The topological polar surface area (TPSA) is 73.8 Å². The standard InChI is InChI=1S/C26H36N4O3S/c1-21-7-4-6-17-30(21)34(32,33)25-11-9-22(10-12-25)26(31)28(2)24-14-19-29(20-15-24)18-13-23-8-3-5-16-27-23/h3,5,8-12,16,21,24H,4,6-7,13-15,17-20H2,1-2H3. The lowest BCUT2D eigenvalue weighted by atomic mass is 10.0. The molecular weight excluding hydrogens is 448 g/mol. The summed E-state index contributed by atoms with van der Waals surface area (Å²) in [5.74, 6) is -0.0535. The average molecular weight is 485 g/mol. The van der Waals surface area contributed by atoms with Gasteiger partial charge in [0.25, 0.3) is 5.91 Å². The fourth-order valence-corrected chi connectivity index (χ4v) is 6.75. The lowest BCUT2D eigenvalue weighted by Crippen LogP contribution is -2.46. The fourth-order valence-electron chi connectivity index (χ4n) is 5.05. The van der Waals surface area contributed by atoms with Crippen molar-refractivity contribution in [1.82, 2.24) is 19.1 Å². The molecule has 1 amide bonds. The Balaban J connectivity index is 1.31. The van der Waals surface area contributed by atoms with E-state index in [1.54, 1.807) is 28.6 Å². The minimum atomic E-state index is -3.53. The third-order valence-corrected chi connectivity index (χ3v) is 9.31. The van der Waals surface area contributed by atoms with Crippen molar-refractivity contribution >= 4 is 15.9 Å². The van der Waals surface area contributed by atoms with E-state index in [0.717, 1.165) is 63.9 Å². The molecule has 2 aromatic rings. The van der Waals surface area contributed by atoms with E-state index in [2.05, 4.69) is 16.0 Å². The van der Waals surface area contributed by atoms with Gasteiger partial charge in [0.15, 0.2) is 0 Å². The molecule has 2 aliphatic rings. The summed E-state index contributed by atoms with van der Waals surface area (Å²) in [5, 5.41) is 0. The number of benzene rings is 1. The van der Waals surface area contributed by atoms with Crippen LogP contribution in [0.2, 0.25) is 0 Å². The zero-order valence-corrected chi connectivity index (χ0v) is 21.1. The second kappa shape index (κ2) is 11.0. The largest absolute Gasteiger partial charge is 0.339 e. The Morgan fingerprint density at radius 2 is 1.76 bits per heavy atom. The molecule has 1 aromatic carbocycles. The van der Waals surface area contributed by atoms with Gasteiger partial charge < -0.3 is 9.80 Å². The van der Waals surface area contributed by atoms with Gasteiger partial charge in [-0.1, -0.05) is 12.5 Å². The van der Waals surface area contributed by atoms with Crippen molar-refractivity contribution in [2.24, 2.45) is 0 Å². The van der Waals surface area contributed by atoms with E-state index in [9.17, 15) is 13.2 Å². The number of carbonyl (C=O) groups excluding carboxylic acids is 1. The van der Waals surface area contributed by atoms with Crippen LogP contribution in [0.4, 0.5) is 0 Å². The Labute approximate surface area is 203 Å². The molecule has 2 saturated heterocycles. The molecule has 7 nitrogen and oxygen atoms in total. The Kier molecular flexibility index (Phi) is 8.01. The van der Waals surface area contributed by atoms with Crippen LogP contribution in [0.25, 0.3) is 0 Å². The summed E-state index contributed by atoms with van der Waals surface area (Å²) >= 11 is 0. The smallest absolute Gasteiger partial charge is 0.253 e. The van der Waals surface area contributed by atoms with Crippen LogP contribution in [-0.2, 0) is 16.4 Å². The number of aromatic nitrogens is 1. The maximum Gasteiger partial charge on any atom is 0.253 e. The maximum absolute atomic E-state index is 13.1. The molecule has 3 heterocycles. The highest BCUT2D eigenvalue weighted by Crippen LogP contribution is 2.26. The lowest BCUT2D eigenvalue weighted by molar-refractivity contribution is 0.0643. The number of piperidine rings is 2. The van der Waals surface area contributed by atoms with Crippen molar-refractivity contribution in [3.8, 4) is 0 Å². The van der Waals surface area contributed by atoms with Gasteiger partial charge in [-0.3, -0.25) is 9.78 Å². The van der Waals surface area contributed by atoms with Crippen molar-refractivity contribution in [3.63, 3.8) is 0 Å². The molecule has 184 valence electrons. The number of rotatable bonds is 7. The second-order valence-electron chi connectivity index (χ2n) is 9.54. The van der Waals surface area contributed by atoms with Gasteiger partial charge in [0.05, 0.1) is 4.90 Å². The summed E-state index contributed by atoms with van der Waals surface area (Å²) in [4.78, 5) is 22.0. The first-order chi connectivity index (χ1) is 16.4. The van der Waals surface area contributed by atoms with Crippen molar-refractivity contribution in [2.45, 2.75) is 62.4 Å². The molecule has 2 aliphatic heterocycles. The summed E-state index contributed by atoms with van der Waals surface area (Å²) in [6.07, 6.45) is 7.49. The van der Waals surface area contributed by atoms with E-state index in [1.165, 1.54) is 0 Å². The predicted molar refractivity (Wildman–Crippen MR) is 133 cm³/mol. The van der Waals surface area contributed by atoms with E-state index in [4.69, 9.17) is 0 Å². The van der Waals surface area contributed by atoms with Gasteiger partial charge in [0.1, 0.15) is 0 Å². The van der Waals surface area contributed by atoms with E-state index in [-0.39, 0.29) is 22.9 Å². The van der Waals surface area contributed by atoms with Crippen molar-refractivity contribution < 1.29 is 13.2 Å². The van der Waals surface area contributed by atoms with Crippen LogP contribution in [0.3, 0.4) is 0 Å². The zero-order chi connectivity index (χ0) is 24.1. The summed E-state index contributed by atoms with van der Waals surface area (Å²) in [6, 6.07) is 12.7. The van der Waals surface area contributed by atoms with Gasteiger partial charge in [-0.15, -0.1) is 0 Å². The molecule has 0 spiro atoms. The highest BCUT2D eigenvalue weighted by molar-refractivity contribution is 7.89. The summed E-state index contributed by atoms with van der Waals surface area (Å²) in [7, 11) is -1.67. The van der Waals surface area contributed by atoms with Gasteiger partial charge in [-0.05, 0) is 69.0 Å². The van der Waals surface area contributed by atoms with Crippen LogP contribution in [-0.4, -0.2) is 78.7 Å². The number of likely N-dealkylation sites (tertiary alicyclic amines) is 1. The third-order valence-electron chi connectivity index (χ3n) is 7.29. The SMILES string of the molecule is CC1CCCCN1S(=O)(=O)c1ccc(C(=O)N(C)C2CCN(CCc3ccccn3)CC2)cc1. The van der Waals surface area contributed by atoms with Crippen molar-refractivity contribution in [3.05, 3.63) is 59.9 Å². The minimum Gasteiger partial charge on any atom is -0.339 e. The molecule has 1 atom stereocenters. The number of hydrogen-bond donors (Lipinski definition) is 0.